The van der Waals surface area contributed by atoms with Crippen LogP contribution in [0.4, 0.5) is 13.2 Å². The summed E-state index contributed by atoms with van der Waals surface area (Å²) in [5, 5.41) is 4.09. The molecular formula is C17H17F3N4. The Labute approximate surface area is 138 Å². The van der Waals surface area contributed by atoms with Crippen molar-refractivity contribution in [3.05, 3.63) is 60.7 Å². The van der Waals surface area contributed by atoms with Gasteiger partial charge < -0.3 is 0 Å². The van der Waals surface area contributed by atoms with Gasteiger partial charge in [-0.15, -0.1) is 0 Å². The van der Waals surface area contributed by atoms with Crippen molar-refractivity contribution in [3.8, 4) is 11.3 Å². The maximum absolute atomic E-state index is 12.7. The minimum Gasteiger partial charge on any atom is -0.264 e. The average Bonchev–Trinajstić information content (AvgIpc) is 2.89. The van der Waals surface area contributed by atoms with Crippen LogP contribution in [0.3, 0.4) is 0 Å². The summed E-state index contributed by atoms with van der Waals surface area (Å²) in [6.07, 6.45) is 3.60. The van der Waals surface area contributed by atoms with E-state index in [2.05, 4.69) is 21.7 Å². The molecule has 7 heteroatoms. The number of rotatable bonds is 5. The Morgan fingerprint density at radius 1 is 1.42 bits per heavy atom. The van der Waals surface area contributed by atoms with Gasteiger partial charge in [-0.25, -0.2) is 0 Å². The van der Waals surface area contributed by atoms with E-state index < -0.39 is 12.7 Å². The minimum absolute atomic E-state index is 0.394. The Kier molecular flexibility index (Phi) is 5.33. The molecule has 0 spiro atoms. The van der Waals surface area contributed by atoms with Crippen LogP contribution in [0.1, 0.15) is 19.4 Å². The van der Waals surface area contributed by atoms with Gasteiger partial charge in [0.25, 0.3) is 0 Å². The predicted octanol–water partition coefficient (Wildman–Crippen LogP) is 4.41. The van der Waals surface area contributed by atoms with Crippen molar-refractivity contribution in [2.24, 2.45) is 4.99 Å². The molecule has 0 bridgehead atoms. The molecule has 0 unspecified atom stereocenters. The summed E-state index contributed by atoms with van der Waals surface area (Å²) in [7, 11) is 0. The Morgan fingerprint density at radius 2 is 2.17 bits per heavy atom. The van der Waals surface area contributed by atoms with Crippen LogP contribution in [0.15, 0.2) is 60.1 Å². The third kappa shape index (κ3) is 4.65. The van der Waals surface area contributed by atoms with Crippen LogP contribution in [-0.4, -0.2) is 26.7 Å². The zero-order valence-corrected chi connectivity index (χ0v) is 13.4. The predicted molar refractivity (Wildman–Crippen MR) is 87.7 cm³/mol. The Balaban J connectivity index is 2.61. The molecule has 0 atom stereocenters. The van der Waals surface area contributed by atoms with Gasteiger partial charge in [0.15, 0.2) is 0 Å². The highest BCUT2D eigenvalue weighted by Gasteiger charge is 2.29. The summed E-state index contributed by atoms with van der Waals surface area (Å²) >= 11 is 0. The topological polar surface area (TPSA) is 43.1 Å². The van der Waals surface area contributed by atoms with E-state index in [1.165, 1.54) is 6.20 Å². The minimum atomic E-state index is -4.36. The summed E-state index contributed by atoms with van der Waals surface area (Å²) in [4.78, 5) is 8.32. The number of halogens is 3. The van der Waals surface area contributed by atoms with Gasteiger partial charge in [-0.2, -0.15) is 18.3 Å². The number of alkyl halides is 3. The molecule has 0 saturated carbocycles. The number of nitrogens with zero attached hydrogens (tertiary/aromatic N) is 4. The van der Waals surface area contributed by atoms with Gasteiger partial charge in [-0.3, -0.25) is 14.7 Å². The van der Waals surface area contributed by atoms with Crippen LogP contribution in [0.2, 0.25) is 0 Å². The van der Waals surface area contributed by atoms with E-state index in [9.17, 15) is 13.2 Å². The molecule has 2 aromatic heterocycles. The van der Waals surface area contributed by atoms with Crippen molar-refractivity contribution in [1.29, 1.82) is 0 Å². The molecule has 0 aliphatic rings. The van der Waals surface area contributed by atoms with Crippen LogP contribution in [0, 0.1) is 0 Å². The lowest BCUT2D eigenvalue weighted by molar-refractivity contribution is -0.142. The van der Waals surface area contributed by atoms with Crippen LogP contribution >= 0.6 is 0 Å². The van der Waals surface area contributed by atoms with Crippen LogP contribution in [0.25, 0.3) is 11.3 Å². The molecule has 4 nitrogen and oxygen atoms in total. The Hall–Kier alpha value is -2.70. The van der Waals surface area contributed by atoms with Gasteiger partial charge in [0.1, 0.15) is 12.2 Å². The molecule has 2 aromatic rings. The second kappa shape index (κ2) is 7.25. The zero-order valence-electron chi connectivity index (χ0n) is 13.4. The summed E-state index contributed by atoms with van der Waals surface area (Å²) in [6.45, 7) is 6.08. The maximum Gasteiger partial charge on any atom is 0.408 e. The normalized spacial score (nSPS) is 12.8. The summed E-state index contributed by atoms with van der Waals surface area (Å²) in [5.41, 5.74) is 2.55. The second-order valence-corrected chi connectivity index (χ2v) is 5.18. The van der Waals surface area contributed by atoms with Crippen molar-refractivity contribution in [3.63, 3.8) is 0 Å². The first-order chi connectivity index (χ1) is 11.3. The van der Waals surface area contributed by atoms with Crippen molar-refractivity contribution in [2.75, 3.05) is 0 Å². The first-order valence-electron chi connectivity index (χ1n) is 7.22. The van der Waals surface area contributed by atoms with Crippen molar-refractivity contribution in [1.82, 2.24) is 14.8 Å². The standard InChI is InChI=1S/C17H17F3N4/c1-4-6-15(22-12(2)3)14-10-24(11-17(18,19)20)23-16(14)13-7-5-8-21-9-13/h4-10H,2,11H2,1,3H3/b6-4-,22-15?. The molecule has 126 valence electrons. The lowest BCUT2D eigenvalue weighted by Gasteiger charge is -2.05. The van der Waals surface area contributed by atoms with Gasteiger partial charge in [0.05, 0.1) is 5.71 Å². The van der Waals surface area contributed by atoms with Gasteiger partial charge in [0, 0.05) is 35.4 Å². The fraction of sp³-hybridized carbons (Fsp3) is 0.235. The van der Waals surface area contributed by atoms with Crippen LogP contribution in [0.5, 0.6) is 0 Å². The fourth-order valence-corrected chi connectivity index (χ4v) is 2.14. The second-order valence-electron chi connectivity index (χ2n) is 5.18. The fourth-order valence-electron chi connectivity index (χ4n) is 2.14. The molecule has 0 N–H and O–H groups in total. The molecule has 0 aliphatic carbocycles. The highest BCUT2D eigenvalue weighted by atomic mass is 19.4. The molecule has 0 saturated heterocycles. The van der Waals surface area contributed by atoms with Gasteiger partial charge >= 0.3 is 6.18 Å². The molecule has 0 aromatic carbocycles. The highest BCUT2D eigenvalue weighted by Crippen LogP contribution is 2.25. The maximum atomic E-state index is 12.7. The third-order valence-corrected chi connectivity index (χ3v) is 2.95. The van der Waals surface area contributed by atoms with Crippen molar-refractivity contribution in [2.45, 2.75) is 26.6 Å². The van der Waals surface area contributed by atoms with Gasteiger partial charge in [-0.1, -0.05) is 12.7 Å². The lowest BCUT2D eigenvalue weighted by Crippen LogP contribution is -2.18. The Bertz CT molecular complexity index is 771. The molecular weight excluding hydrogens is 317 g/mol. The molecule has 0 amide bonds. The average molecular weight is 334 g/mol. The molecule has 0 aliphatic heterocycles. The molecule has 2 heterocycles. The van der Waals surface area contributed by atoms with Crippen LogP contribution < -0.4 is 0 Å². The summed E-state index contributed by atoms with van der Waals surface area (Å²) in [6, 6.07) is 3.44. The van der Waals surface area contributed by atoms with Crippen LogP contribution in [-0.2, 0) is 6.54 Å². The van der Waals surface area contributed by atoms with E-state index in [1.807, 2.05) is 0 Å². The van der Waals surface area contributed by atoms with E-state index >= 15 is 0 Å². The monoisotopic (exact) mass is 334 g/mol. The third-order valence-electron chi connectivity index (χ3n) is 2.95. The van der Waals surface area contributed by atoms with E-state index in [4.69, 9.17) is 0 Å². The Morgan fingerprint density at radius 3 is 2.71 bits per heavy atom. The number of hydrogen-bond acceptors (Lipinski definition) is 3. The largest absolute Gasteiger partial charge is 0.408 e. The van der Waals surface area contributed by atoms with E-state index in [0.717, 1.165) is 4.68 Å². The number of aromatic nitrogens is 3. The first-order valence-corrected chi connectivity index (χ1v) is 7.22. The summed E-state index contributed by atoms with van der Waals surface area (Å²) < 4.78 is 39.0. The van der Waals surface area contributed by atoms with E-state index in [1.54, 1.807) is 50.5 Å². The first kappa shape index (κ1) is 17.7. The van der Waals surface area contributed by atoms with Gasteiger partial charge in [-0.05, 0) is 32.1 Å². The molecule has 0 fully saturated rings. The smallest absolute Gasteiger partial charge is 0.264 e. The summed E-state index contributed by atoms with van der Waals surface area (Å²) in [5.74, 6) is 0. The number of aliphatic imine (C=N–C) groups is 1. The number of allylic oxidation sites excluding steroid dienone is 3. The van der Waals surface area contributed by atoms with E-state index in [-0.39, 0.29) is 0 Å². The van der Waals surface area contributed by atoms with Crippen molar-refractivity contribution < 1.29 is 13.2 Å². The van der Waals surface area contributed by atoms with Crippen molar-refractivity contribution >= 4 is 5.71 Å². The van der Waals surface area contributed by atoms with E-state index in [0.29, 0.717) is 28.2 Å². The number of hydrogen-bond donors (Lipinski definition) is 0. The SMILES string of the molecule is C=C(C)N=C(/C=C\C)c1cn(CC(F)(F)F)nc1-c1cccnc1. The number of pyridine rings is 1. The molecule has 2 rings (SSSR count). The van der Waals surface area contributed by atoms with Gasteiger partial charge in [0.2, 0.25) is 0 Å². The highest BCUT2D eigenvalue weighted by molar-refractivity contribution is 6.12. The quantitative estimate of drug-likeness (QED) is 0.760. The molecule has 24 heavy (non-hydrogen) atoms. The lowest BCUT2D eigenvalue weighted by atomic mass is 10.1. The zero-order chi connectivity index (χ0) is 17.7. The molecule has 0 radical (unpaired) electrons.